The number of anilines is 1. The maximum Gasteiger partial charge on any atom is 0.201 e. The third-order valence-electron chi connectivity index (χ3n) is 5.31. The minimum absolute atomic E-state index is 0.0593. The van der Waals surface area contributed by atoms with Crippen molar-refractivity contribution in [2.24, 2.45) is 0 Å². The van der Waals surface area contributed by atoms with Crippen LogP contribution in [0.1, 0.15) is 42.6 Å². The smallest absolute Gasteiger partial charge is 0.201 e. The minimum atomic E-state index is -0.928. The summed E-state index contributed by atoms with van der Waals surface area (Å²) in [6.07, 6.45) is 4.80. The van der Waals surface area contributed by atoms with Gasteiger partial charge in [-0.15, -0.1) is 0 Å². The fourth-order valence-corrected chi connectivity index (χ4v) is 4.48. The molecule has 0 aliphatic carbocycles. The third-order valence-corrected chi connectivity index (χ3v) is 6.60. The Hall–Kier alpha value is -3.10. The predicted octanol–water partition coefficient (Wildman–Crippen LogP) is 7.65. The highest BCUT2D eigenvalue weighted by Gasteiger charge is 2.25. The van der Waals surface area contributed by atoms with Gasteiger partial charge in [-0.05, 0) is 49.2 Å². The van der Waals surface area contributed by atoms with Gasteiger partial charge in [0.25, 0.3) is 0 Å². The highest BCUT2D eigenvalue weighted by atomic mass is 35.5. The third kappa shape index (κ3) is 5.28. The number of hydrogen-bond donors (Lipinski definition) is 2. The average Bonchev–Trinajstić information content (AvgIpc) is 3.27. The Labute approximate surface area is 211 Å². The van der Waals surface area contributed by atoms with Gasteiger partial charge in [-0.1, -0.05) is 37.4 Å². The molecular weight excluding hydrogens is 492 g/mol. The van der Waals surface area contributed by atoms with Crippen molar-refractivity contribution >= 4 is 46.1 Å². The number of halogens is 3. The second-order valence-corrected chi connectivity index (χ2v) is 9.18. The zero-order valence-corrected chi connectivity index (χ0v) is 20.8. The maximum absolute atomic E-state index is 15.1. The molecule has 5 nitrogen and oxygen atoms in total. The number of fused-ring (bicyclic) bond motifs is 1. The predicted molar refractivity (Wildman–Crippen MR) is 138 cm³/mol. The molecule has 0 aliphatic rings. The van der Waals surface area contributed by atoms with E-state index in [1.807, 2.05) is 26.0 Å². The molecule has 0 fully saturated rings. The van der Waals surface area contributed by atoms with E-state index in [0.717, 1.165) is 24.7 Å². The lowest BCUT2D eigenvalue weighted by Gasteiger charge is -2.11. The molecule has 0 saturated carbocycles. The number of aromatic amines is 1. The lowest BCUT2D eigenvalue weighted by atomic mass is 9.99. The van der Waals surface area contributed by atoms with Crippen LogP contribution in [0.25, 0.3) is 22.2 Å². The number of ether oxygens (including phenoxy) is 1. The van der Waals surface area contributed by atoms with Crippen LogP contribution in [0.2, 0.25) is 5.02 Å². The van der Waals surface area contributed by atoms with Crippen LogP contribution in [0.4, 0.5) is 14.5 Å². The molecule has 4 aromatic rings. The van der Waals surface area contributed by atoms with Gasteiger partial charge in [0.15, 0.2) is 5.82 Å². The molecule has 35 heavy (non-hydrogen) atoms. The Morgan fingerprint density at radius 3 is 2.74 bits per heavy atom. The number of pyridine rings is 1. The van der Waals surface area contributed by atoms with Crippen molar-refractivity contribution in [1.82, 2.24) is 9.97 Å². The van der Waals surface area contributed by atoms with Gasteiger partial charge in [-0.2, -0.15) is 0 Å². The van der Waals surface area contributed by atoms with Gasteiger partial charge in [0.05, 0.1) is 22.9 Å². The van der Waals surface area contributed by atoms with Crippen LogP contribution in [0.3, 0.4) is 0 Å². The first-order chi connectivity index (χ1) is 16.9. The van der Waals surface area contributed by atoms with Crippen molar-refractivity contribution in [2.75, 3.05) is 17.1 Å². The van der Waals surface area contributed by atoms with E-state index in [0.29, 0.717) is 39.5 Å². The van der Waals surface area contributed by atoms with E-state index in [1.54, 1.807) is 18.3 Å². The summed E-state index contributed by atoms with van der Waals surface area (Å²) < 4.78 is 38.2. The Balaban J connectivity index is 1.71. The van der Waals surface area contributed by atoms with E-state index < -0.39 is 23.0 Å². The zero-order chi connectivity index (χ0) is 24.9. The maximum atomic E-state index is 15.1. The summed E-state index contributed by atoms with van der Waals surface area (Å²) in [6.45, 7) is 4.59. The molecule has 0 amide bonds. The molecule has 0 unspecified atom stereocenters. The molecule has 0 saturated heterocycles. The van der Waals surface area contributed by atoms with E-state index in [1.165, 1.54) is 24.2 Å². The summed E-state index contributed by atoms with van der Waals surface area (Å²) in [6, 6.07) is 9.45. The molecule has 0 spiro atoms. The average molecular weight is 516 g/mol. The largest absolute Gasteiger partial charge is 0.494 e. The van der Waals surface area contributed by atoms with E-state index in [-0.39, 0.29) is 11.3 Å². The fraction of sp³-hybridized carbons (Fsp3) is 0.231. The molecule has 9 heteroatoms. The first kappa shape index (κ1) is 25.0. The van der Waals surface area contributed by atoms with Crippen LogP contribution in [-0.2, 0) is 0 Å². The van der Waals surface area contributed by atoms with E-state index >= 15 is 4.39 Å². The number of nitrogens with zero attached hydrogens (tertiary/aromatic N) is 1. The number of benzene rings is 2. The van der Waals surface area contributed by atoms with Crippen LogP contribution in [0, 0.1) is 11.6 Å². The van der Waals surface area contributed by atoms with Gasteiger partial charge < -0.3 is 14.4 Å². The molecule has 2 aromatic carbocycles. The van der Waals surface area contributed by atoms with Crippen LogP contribution in [-0.4, -0.2) is 28.1 Å². The second-order valence-electron chi connectivity index (χ2n) is 7.88. The highest BCUT2D eigenvalue weighted by Crippen LogP contribution is 2.34. The molecule has 2 heterocycles. The molecule has 182 valence electrons. The Morgan fingerprint density at radius 1 is 1.17 bits per heavy atom. The number of nitrogens with one attached hydrogen (secondary N) is 2. The van der Waals surface area contributed by atoms with Crippen LogP contribution in [0.5, 0.6) is 5.75 Å². The number of carbonyl (C=O) groups excluding carboxylic acids is 1. The summed E-state index contributed by atoms with van der Waals surface area (Å²) in [7, 11) is 0. The first-order valence-corrected chi connectivity index (χ1v) is 12.6. The van der Waals surface area contributed by atoms with Gasteiger partial charge >= 0.3 is 0 Å². The van der Waals surface area contributed by atoms with Crippen molar-refractivity contribution in [3.05, 3.63) is 76.6 Å². The minimum Gasteiger partial charge on any atom is -0.494 e. The van der Waals surface area contributed by atoms with Crippen molar-refractivity contribution in [2.45, 2.75) is 26.7 Å². The summed E-state index contributed by atoms with van der Waals surface area (Å²) in [5.41, 5.74) is 1.33. The van der Waals surface area contributed by atoms with Crippen molar-refractivity contribution in [3.63, 3.8) is 0 Å². The van der Waals surface area contributed by atoms with Gasteiger partial charge in [0.2, 0.25) is 5.78 Å². The summed E-state index contributed by atoms with van der Waals surface area (Å²) >= 11 is 7.78. The van der Waals surface area contributed by atoms with Gasteiger partial charge in [-0.25, -0.2) is 13.8 Å². The molecule has 0 radical (unpaired) electrons. The molecule has 2 N–H and O–H groups in total. The van der Waals surface area contributed by atoms with Gasteiger partial charge in [0, 0.05) is 40.2 Å². The van der Waals surface area contributed by atoms with Gasteiger partial charge in [0.1, 0.15) is 17.2 Å². The Bertz CT molecular complexity index is 1380. The monoisotopic (exact) mass is 515 g/mol. The number of hydrogen-bond acceptors (Lipinski definition) is 5. The lowest BCUT2D eigenvalue weighted by Crippen LogP contribution is -2.09. The van der Waals surface area contributed by atoms with Crippen LogP contribution >= 0.6 is 23.5 Å². The zero-order valence-electron chi connectivity index (χ0n) is 19.3. The Kier molecular flexibility index (Phi) is 7.93. The summed E-state index contributed by atoms with van der Waals surface area (Å²) in [4.78, 5) is 20.6. The second kappa shape index (κ2) is 11.1. The highest BCUT2D eigenvalue weighted by molar-refractivity contribution is 8.00. The van der Waals surface area contributed by atoms with Crippen LogP contribution < -0.4 is 9.46 Å². The number of rotatable bonds is 10. The van der Waals surface area contributed by atoms with E-state index in [4.69, 9.17) is 16.3 Å². The van der Waals surface area contributed by atoms with Gasteiger partial charge in [-0.3, -0.25) is 4.79 Å². The van der Waals surface area contributed by atoms with E-state index in [9.17, 15) is 9.18 Å². The molecular formula is C26H24ClF2N3O2S. The summed E-state index contributed by atoms with van der Waals surface area (Å²) in [5.74, 6) is -1.23. The quantitative estimate of drug-likeness (QED) is 0.129. The number of carbonyl (C=O) groups is 1. The standard InChI is InChI=1S/C26H24ClF2N3O2S/c1-3-9-34-16-5-6-17(20(27)12-16)15-11-18-19(14-31-26(18)30-13-15)25(33)23-21(28)7-8-22(24(23)29)32-35-10-4-2/h5-8,11-14,32H,3-4,9-10H2,1-2H3,(H,30,31). The SMILES string of the molecule is CCCOc1ccc(-c2cnc3[nH]cc(C(=O)c4c(F)ccc(NSCCC)c4F)c3c2)c(Cl)c1. The molecule has 4 rings (SSSR count). The molecule has 0 aliphatic heterocycles. The van der Waals surface area contributed by atoms with Crippen molar-refractivity contribution < 1.29 is 18.3 Å². The number of H-pyrrole nitrogens is 1. The number of ketones is 1. The van der Waals surface area contributed by atoms with Crippen molar-refractivity contribution in [3.8, 4) is 16.9 Å². The van der Waals surface area contributed by atoms with Crippen LogP contribution in [0.15, 0.2) is 48.8 Å². The molecule has 0 bridgehead atoms. The van der Waals surface area contributed by atoms with E-state index in [2.05, 4.69) is 14.7 Å². The summed E-state index contributed by atoms with van der Waals surface area (Å²) in [5, 5.41) is 0.899. The topological polar surface area (TPSA) is 67.0 Å². The first-order valence-electron chi connectivity index (χ1n) is 11.2. The Morgan fingerprint density at radius 2 is 2.00 bits per heavy atom. The molecule has 2 aromatic heterocycles. The molecule has 0 atom stereocenters. The number of aromatic nitrogens is 2. The normalized spacial score (nSPS) is 11.1. The fourth-order valence-electron chi connectivity index (χ4n) is 3.58. The van der Waals surface area contributed by atoms with Crippen molar-refractivity contribution in [1.29, 1.82) is 0 Å². The lowest BCUT2D eigenvalue weighted by molar-refractivity contribution is 0.103.